The summed E-state index contributed by atoms with van der Waals surface area (Å²) < 4.78 is 43.1. The van der Waals surface area contributed by atoms with Gasteiger partial charge in [-0.1, -0.05) is 32.6 Å². The highest BCUT2D eigenvalue weighted by molar-refractivity contribution is 5.69. The summed E-state index contributed by atoms with van der Waals surface area (Å²) in [6, 6.07) is 0. The molecule has 0 heterocycles. The van der Waals surface area contributed by atoms with Gasteiger partial charge in [0.15, 0.2) is 0 Å². The maximum Gasteiger partial charge on any atom is 0.305 e. The average molecular weight is 553 g/mol. The highest BCUT2D eigenvalue weighted by Crippen LogP contribution is 2.02. The Bertz CT molecular complexity index is 505. The Labute approximate surface area is 228 Å². The van der Waals surface area contributed by atoms with Crippen molar-refractivity contribution in [2.24, 2.45) is 0 Å². The lowest BCUT2D eigenvalue weighted by Crippen LogP contribution is -2.15. The molecule has 0 aromatic heterocycles. The Kier molecular flexibility index (Phi) is 30.8. The summed E-state index contributed by atoms with van der Waals surface area (Å²) in [7, 11) is 0. The standard InChI is InChI=1S/C27H52O11/c1-2-3-4-5-8-11-31-12-13-32-14-15-33-16-17-34-18-19-35-20-21-36-22-23-37-24-25-38-27(30)10-7-6-9-26(28)29/h2-25H2,1H3,(H,28,29). The maximum absolute atomic E-state index is 11.4. The first kappa shape index (κ1) is 36.7. The van der Waals surface area contributed by atoms with E-state index in [2.05, 4.69) is 6.92 Å². The fourth-order valence-corrected chi connectivity index (χ4v) is 3.06. The molecule has 226 valence electrons. The third-order valence-corrected chi connectivity index (χ3v) is 5.14. The number of carboxylic acid groups (broad SMARTS) is 1. The molecule has 0 rings (SSSR count). The van der Waals surface area contributed by atoms with Gasteiger partial charge in [-0.05, 0) is 19.3 Å². The number of aliphatic carboxylic acids is 1. The number of carbonyl (C=O) groups excluding carboxylic acids is 1. The molecule has 0 unspecified atom stereocenters. The Balaban J connectivity index is 3.09. The van der Waals surface area contributed by atoms with Gasteiger partial charge < -0.3 is 43.0 Å². The summed E-state index contributed by atoms with van der Waals surface area (Å²) >= 11 is 0. The summed E-state index contributed by atoms with van der Waals surface area (Å²) in [6.45, 7) is 9.61. The first-order chi connectivity index (χ1) is 18.7. The number of carboxylic acids is 1. The van der Waals surface area contributed by atoms with E-state index in [-0.39, 0.29) is 25.4 Å². The monoisotopic (exact) mass is 552 g/mol. The lowest BCUT2D eigenvalue weighted by molar-refractivity contribution is -0.146. The predicted octanol–water partition coefficient (Wildman–Crippen LogP) is 3.26. The molecule has 1 N–H and O–H groups in total. The lowest BCUT2D eigenvalue weighted by Gasteiger charge is -2.09. The van der Waals surface area contributed by atoms with Gasteiger partial charge in [0.25, 0.3) is 0 Å². The normalized spacial score (nSPS) is 11.2. The van der Waals surface area contributed by atoms with Gasteiger partial charge in [-0.3, -0.25) is 9.59 Å². The Morgan fingerprint density at radius 3 is 1.24 bits per heavy atom. The molecule has 0 aliphatic rings. The molecule has 0 aliphatic carbocycles. The summed E-state index contributed by atoms with van der Waals surface area (Å²) in [5.41, 5.74) is 0. The van der Waals surface area contributed by atoms with Crippen molar-refractivity contribution < 1.29 is 52.6 Å². The van der Waals surface area contributed by atoms with Crippen LogP contribution in [0.2, 0.25) is 0 Å². The van der Waals surface area contributed by atoms with Crippen molar-refractivity contribution in [2.45, 2.75) is 64.7 Å². The Morgan fingerprint density at radius 2 is 0.816 bits per heavy atom. The molecule has 38 heavy (non-hydrogen) atoms. The number of ether oxygens (including phenoxy) is 8. The number of hydrogen-bond donors (Lipinski definition) is 1. The zero-order chi connectivity index (χ0) is 27.8. The fraction of sp³-hybridized carbons (Fsp3) is 0.926. The minimum Gasteiger partial charge on any atom is -0.481 e. The minimum atomic E-state index is -0.857. The molecule has 0 aliphatic heterocycles. The van der Waals surface area contributed by atoms with Crippen LogP contribution in [-0.2, 0) is 47.5 Å². The Hall–Kier alpha value is -1.34. The zero-order valence-corrected chi connectivity index (χ0v) is 23.5. The van der Waals surface area contributed by atoms with E-state index in [4.69, 9.17) is 43.0 Å². The minimum absolute atomic E-state index is 0.0674. The average Bonchev–Trinajstić information content (AvgIpc) is 2.90. The van der Waals surface area contributed by atoms with Crippen molar-refractivity contribution in [3.8, 4) is 0 Å². The van der Waals surface area contributed by atoms with Crippen LogP contribution in [0.3, 0.4) is 0 Å². The second-order valence-corrected chi connectivity index (χ2v) is 8.52. The fourth-order valence-electron chi connectivity index (χ4n) is 3.06. The van der Waals surface area contributed by atoms with E-state index in [0.717, 1.165) is 13.0 Å². The van der Waals surface area contributed by atoms with Crippen LogP contribution in [0.1, 0.15) is 64.7 Å². The number of hydrogen-bond acceptors (Lipinski definition) is 10. The van der Waals surface area contributed by atoms with E-state index < -0.39 is 5.97 Å². The van der Waals surface area contributed by atoms with Gasteiger partial charge in [0, 0.05) is 19.4 Å². The number of rotatable bonds is 32. The molecule has 0 spiro atoms. The van der Waals surface area contributed by atoms with Crippen LogP contribution in [0.15, 0.2) is 0 Å². The van der Waals surface area contributed by atoms with E-state index in [9.17, 15) is 9.59 Å². The smallest absolute Gasteiger partial charge is 0.305 e. The molecule has 0 fully saturated rings. The quantitative estimate of drug-likeness (QED) is 0.0975. The van der Waals surface area contributed by atoms with E-state index in [1.807, 2.05) is 0 Å². The number of carbonyl (C=O) groups is 2. The first-order valence-corrected chi connectivity index (χ1v) is 14.1. The van der Waals surface area contributed by atoms with Crippen LogP contribution >= 0.6 is 0 Å². The molecule has 0 saturated carbocycles. The third kappa shape index (κ3) is 32.7. The molecular formula is C27H52O11. The summed E-state index contributed by atoms with van der Waals surface area (Å²) in [5.74, 6) is -1.20. The van der Waals surface area contributed by atoms with E-state index >= 15 is 0 Å². The zero-order valence-electron chi connectivity index (χ0n) is 23.5. The number of esters is 1. The van der Waals surface area contributed by atoms with Gasteiger partial charge in [-0.15, -0.1) is 0 Å². The van der Waals surface area contributed by atoms with E-state index in [1.165, 1.54) is 25.7 Å². The summed E-state index contributed by atoms with van der Waals surface area (Å²) in [4.78, 5) is 21.8. The van der Waals surface area contributed by atoms with Crippen LogP contribution in [0.25, 0.3) is 0 Å². The van der Waals surface area contributed by atoms with Crippen molar-refractivity contribution in [3.05, 3.63) is 0 Å². The largest absolute Gasteiger partial charge is 0.481 e. The topological polar surface area (TPSA) is 128 Å². The second-order valence-electron chi connectivity index (χ2n) is 8.52. The number of unbranched alkanes of at least 4 members (excludes halogenated alkanes) is 5. The van der Waals surface area contributed by atoms with Crippen molar-refractivity contribution in [1.29, 1.82) is 0 Å². The molecule has 11 heteroatoms. The van der Waals surface area contributed by atoms with E-state index in [0.29, 0.717) is 98.7 Å². The van der Waals surface area contributed by atoms with Crippen LogP contribution in [-0.4, -0.2) is 116 Å². The van der Waals surface area contributed by atoms with Crippen molar-refractivity contribution in [3.63, 3.8) is 0 Å². The van der Waals surface area contributed by atoms with Gasteiger partial charge in [0.1, 0.15) is 6.61 Å². The molecule has 0 aromatic carbocycles. The molecule has 0 bridgehead atoms. The van der Waals surface area contributed by atoms with Gasteiger partial charge in [-0.2, -0.15) is 0 Å². The van der Waals surface area contributed by atoms with Crippen LogP contribution in [0.4, 0.5) is 0 Å². The van der Waals surface area contributed by atoms with Crippen LogP contribution < -0.4 is 0 Å². The molecular weight excluding hydrogens is 500 g/mol. The van der Waals surface area contributed by atoms with Gasteiger partial charge in [0.2, 0.25) is 0 Å². The predicted molar refractivity (Wildman–Crippen MR) is 142 cm³/mol. The highest BCUT2D eigenvalue weighted by Gasteiger charge is 2.04. The summed E-state index contributed by atoms with van der Waals surface area (Å²) in [6.07, 6.45) is 7.51. The van der Waals surface area contributed by atoms with Crippen molar-refractivity contribution >= 4 is 11.9 Å². The van der Waals surface area contributed by atoms with Crippen molar-refractivity contribution in [1.82, 2.24) is 0 Å². The SMILES string of the molecule is CCCCCCCOCCOCCOCCOCCOCCOCCOCCOC(=O)CCCCC(=O)O. The molecule has 0 radical (unpaired) electrons. The molecule has 0 aromatic rings. The van der Waals surface area contributed by atoms with Gasteiger partial charge in [0.05, 0.1) is 85.9 Å². The molecule has 0 saturated heterocycles. The highest BCUT2D eigenvalue weighted by atomic mass is 16.6. The van der Waals surface area contributed by atoms with Crippen LogP contribution in [0.5, 0.6) is 0 Å². The molecule has 0 atom stereocenters. The molecule has 0 amide bonds. The van der Waals surface area contributed by atoms with E-state index in [1.54, 1.807) is 0 Å². The summed E-state index contributed by atoms with van der Waals surface area (Å²) in [5, 5.41) is 8.53. The lowest BCUT2D eigenvalue weighted by atomic mass is 10.2. The Morgan fingerprint density at radius 1 is 0.447 bits per heavy atom. The van der Waals surface area contributed by atoms with Gasteiger partial charge >= 0.3 is 11.9 Å². The van der Waals surface area contributed by atoms with Crippen LogP contribution in [0, 0.1) is 0 Å². The third-order valence-electron chi connectivity index (χ3n) is 5.14. The molecule has 11 nitrogen and oxygen atoms in total. The maximum atomic E-state index is 11.4. The van der Waals surface area contributed by atoms with Crippen molar-refractivity contribution in [2.75, 3.05) is 99.1 Å². The second kappa shape index (κ2) is 31.9. The first-order valence-electron chi connectivity index (χ1n) is 14.1. The van der Waals surface area contributed by atoms with Gasteiger partial charge in [-0.25, -0.2) is 0 Å².